The fourth-order valence-electron chi connectivity index (χ4n) is 4.03. The van der Waals surface area contributed by atoms with Crippen LogP contribution in [0.25, 0.3) is 0 Å². The Kier molecular flexibility index (Phi) is 9.48. The van der Waals surface area contributed by atoms with E-state index in [0.717, 1.165) is 15.8 Å². The number of benzene rings is 2. The molecule has 3 aromatic rings. The Hall–Kier alpha value is -2.86. The van der Waals surface area contributed by atoms with E-state index in [2.05, 4.69) is 15.9 Å². The van der Waals surface area contributed by atoms with Gasteiger partial charge in [0.25, 0.3) is 0 Å². The third-order valence-electron chi connectivity index (χ3n) is 5.97. The van der Waals surface area contributed by atoms with Crippen molar-refractivity contribution < 1.29 is 31.8 Å². The van der Waals surface area contributed by atoms with Crippen LogP contribution in [0.2, 0.25) is 0 Å². The molecule has 0 aliphatic carbocycles. The number of ether oxygens (including phenoxy) is 3. The zero-order valence-corrected chi connectivity index (χ0v) is 23.8. The number of aryl methyl sites for hydroxylation is 1. The summed E-state index contributed by atoms with van der Waals surface area (Å²) in [6.07, 6.45) is 0.455. The molecule has 204 valence electrons. The van der Waals surface area contributed by atoms with Gasteiger partial charge in [-0.25, -0.2) is 8.42 Å². The molecular formula is C27H31BrN2O7S. The van der Waals surface area contributed by atoms with E-state index in [0.29, 0.717) is 36.9 Å². The highest BCUT2D eigenvalue weighted by Gasteiger charge is 2.29. The molecule has 0 spiro atoms. The van der Waals surface area contributed by atoms with Crippen molar-refractivity contribution in [3.8, 4) is 11.5 Å². The molecule has 0 unspecified atom stereocenters. The zero-order valence-electron chi connectivity index (χ0n) is 21.4. The van der Waals surface area contributed by atoms with Gasteiger partial charge >= 0.3 is 0 Å². The van der Waals surface area contributed by atoms with E-state index >= 15 is 0 Å². The predicted octanol–water partition coefficient (Wildman–Crippen LogP) is 4.73. The van der Waals surface area contributed by atoms with Crippen molar-refractivity contribution >= 4 is 31.9 Å². The second kappa shape index (κ2) is 12.8. The van der Waals surface area contributed by atoms with Crippen LogP contribution in [0.1, 0.15) is 30.4 Å². The number of sulfonamides is 1. The molecular weight excluding hydrogens is 576 g/mol. The highest BCUT2D eigenvalue weighted by molar-refractivity contribution is 9.10. The van der Waals surface area contributed by atoms with E-state index in [1.165, 1.54) is 16.4 Å². The largest absolute Gasteiger partial charge is 0.464 e. The highest BCUT2D eigenvalue weighted by atomic mass is 79.9. The molecule has 0 saturated carbocycles. The van der Waals surface area contributed by atoms with Crippen molar-refractivity contribution in [3.63, 3.8) is 0 Å². The number of carbonyl (C=O) groups excluding carboxylic acids is 1. The first-order valence-corrected chi connectivity index (χ1v) is 14.5. The molecule has 0 radical (unpaired) electrons. The van der Waals surface area contributed by atoms with Crippen LogP contribution in [-0.4, -0.2) is 56.6 Å². The van der Waals surface area contributed by atoms with E-state index in [1.54, 1.807) is 23.1 Å². The normalized spacial score (nSPS) is 12.7. The summed E-state index contributed by atoms with van der Waals surface area (Å²) in [4.78, 5) is 15.4. The first-order valence-electron chi connectivity index (χ1n) is 12.3. The molecule has 0 N–H and O–H groups in total. The third kappa shape index (κ3) is 7.16. The van der Waals surface area contributed by atoms with Gasteiger partial charge in [0.2, 0.25) is 22.7 Å². The van der Waals surface area contributed by atoms with Crippen molar-refractivity contribution in [1.29, 1.82) is 0 Å². The van der Waals surface area contributed by atoms with Crippen molar-refractivity contribution in [1.82, 2.24) is 9.21 Å². The van der Waals surface area contributed by atoms with Gasteiger partial charge < -0.3 is 23.5 Å². The Balaban J connectivity index is 1.58. The summed E-state index contributed by atoms with van der Waals surface area (Å²) in [6, 6.07) is 15.5. The number of halogens is 1. The van der Waals surface area contributed by atoms with Gasteiger partial charge in [-0.2, -0.15) is 4.31 Å². The molecule has 11 heteroatoms. The zero-order chi connectivity index (χ0) is 27.1. The fraction of sp³-hybridized carbons (Fsp3) is 0.370. The van der Waals surface area contributed by atoms with Crippen molar-refractivity contribution in [3.05, 3.63) is 76.2 Å². The molecule has 0 bridgehead atoms. The first kappa shape index (κ1) is 28.2. The third-order valence-corrected chi connectivity index (χ3v) is 8.36. The van der Waals surface area contributed by atoms with Crippen LogP contribution in [0.15, 0.2) is 68.4 Å². The van der Waals surface area contributed by atoms with Crippen LogP contribution >= 0.6 is 15.9 Å². The Morgan fingerprint density at radius 1 is 1.03 bits per heavy atom. The van der Waals surface area contributed by atoms with Gasteiger partial charge in [0.15, 0.2) is 11.5 Å². The van der Waals surface area contributed by atoms with Gasteiger partial charge in [-0.3, -0.25) is 4.79 Å². The van der Waals surface area contributed by atoms with E-state index in [1.807, 2.05) is 38.1 Å². The standard InChI is InChI=1S/C27H31BrN2O7S/c1-3-34-14-4-13-30(38(32,33)24-10-7-22(28)8-11-24)18-27(31)29(17-23-9-5-20(2)37-23)16-21-6-12-25-26(15-21)36-19-35-25/h5-12,15H,3-4,13-14,16-19H2,1-2H3. The fourth-order valence-corrected chi connectivity index (χ4v) is 5.72. The summed E-state index contributed by atoms with van der Waals surface area (Å²) in [5.41, 5.74) is 0.824. The maximum atomic E-state index is 13.7. The summed E-state index contributed by atoms with van der Waals surface area (Å²) in [5.74, 6) is 2.24. The predicted molar refractivity (Wildman–Crippen MR) is 144 cm³/mol. The molecule has 1 aliphatic heterocycles. The van der Waals surface area contributed by atoms with E-state index in [-0.39, 0.29) is 43.8 Å². The van der Waals surface area contributed by atoms with Crippen LogP contribution in [-0.2, 0) is 32.6 Å². The lowest BCUT2D eigenvalue weighted by atomic mass is 10.2. The number of furan rings is 1. The lowest BCUT2D eigenvalue weighted by Gasteiger charge is -2.27. The lowest BCUT2D eigenvalue weighted by Crippen LogP contribution is -2.43. The summed E-state index contributed by atoms with van der Waals surface area (Å²) in [5, 5.41) is 0. The molecule has 1 aromatic heterocycles. The summed E-state index contributed by atoms with van der Waals surface area (Å²) < 4.78 is 51.1. The van der Waals surface area contributed by atoms with Crippen LogP contribution in [0.4, 0.5) is 0 Å². The Labute approximate surface area is 231 Å². The van der Waals surface area contributed by atoms with Gasteiger partial charge in [0, 0.05) is 30.8 Å². The number of amides is 1. The van der Waals surface area contributed by atoms with Gasteiger partial charge in [-0.05, 0) is 74.4 Å². The van der Waals surface area contributed by atoms with E-state index in [4.69, 9.17) is 18.6 Å². The molecule has 0 fully saturated rings. The SMILES string of the molecule is CCOCCCN(CC(=O)N(Cc1ccc2c(c1)OCO2)Cc1ccc(C)o1)S(=O)(=O)c1ccc(Br)cc1. The average Bonchev–Trinajstić information content (AvgIpc) is 3.53. The number of hydrogen-bond acceptors (Lipinski definition) is 7. The maximum Gasteiger partial charge on any atom is 0.243 e. The maximum absolute atomic E-state index is 13.7. The highest BCUT2D eigenvalue weighted by Crippen LogP contribution is 2.33. The quantitative estimate of drug-likeness (QED) is 0.259. The van der Waals surface area contributed by atoms with Crippen LogP contribution in [0, 0.1) is 6.92 Å². The molecule has 2 heterocycles. The van der Waals surface area contributed by atoms with Gasteiger partial charge in [0.05, 0.1) is 18.0 Å². The molecule has 0 atom stereocenters. The topological polar surface area (TPSA) is 98.5 Å². The average molecular weight is 608 g/mol. The van der Waals surface area contributed by atoms with Crippen molar-refractivity contribution in [2.75, 3.05) is 33.1 Å². The van der Waals surface area contributed by atoms with E-state index in [9.17, 15) is 13.2 Å². The smallest absolute Gasteiger partial charge is 0.243 e. The van der Waals surface area contributed by atoms with Crippen molar-refractivity contribution in [2.24, 2.45) is 0 Å². The van der Waals surface area contributed by atoms with Crippen LogP contribution in [0.5, 0.6) is 11.5 Å². The minimum absolute atomic E-state index is 0.119. The van der Waals surface area contributed by atoms with Crippen molar-refractivity contribution in [2.45, 2.75) is 38.3 Å². The van der Waals surface area contributed by atoms with Gasteiger partial charge in [0.1, 0.15) is 11.5 Å². The number of carbonyl (C=O) groups is 1. The first-order chi connectivity index (χ1) is 18.3. The van der Waals surface area contributed by atoms with Gasteiger partial charge in [-0.1, -0.05) is 22.0 Å². The molecule has 4 rings (SSSR count). The number of fused-ring (bicyclic) bond motifs is 1. The Morgan fingerprint density at radius 2 is 1.79 bits per heavy atom. The summed E-state index contributed by atoms with van der Waals surface area (Å²) >= 11 is 3.34. The van der Waals surface area contributed by atoms with Gasteiger partial charge in [-0.15, -0.1) is 0 Å². The Morgan fingerprint density at radius 3 is 2.50 bits per heavy atom. The number of hydrogen-bond donors (Lipinski definition) is 0. The van der Waals surface area contributed by atoms with Crippen LogP contribution in [0.3, 0.4) is 0 Å². The Bertz CT molecular complexity index is 1340. The minimum atomic E-state index is -3.93. The summed E-state index contributed by atoms with van der Waals surface area (Å²) in [6.45, 7) is 5.03. The molecule has 9 nitrogen and oxygen atoms in total. The second-order valence-electron chi connectivity index (χ2n) is 8.79. The summed E-state index contributed by atoms with van der Waals surface area (Å²) in [7, 11) is -3.93. The van der Waals surface area contributed by atoms with Crippen LogP contribution < -0.4 is 9.47 Å². The molecule has 38 heavy (non-hydrogen) atoms. The second-order valence-corrected chi connectivity index (χ2v) is 11.6. The minimum Gasteiger partial charge on any atom is -0.464 e. The number of nitrogens with zero attached hydrogens (tertiary/aromatic N) is 2. The molecule has 1 aliphatic rings. The molecule has 0 saturated heterocycles. The van der Waals surface area contributed by atoms with E-state index < -0.39 is 10.0 Å². The lowest BCUT2D eigenvalue weighted by molar-refractivity contribution is -0.133. The molecule has 1 amide bonds. The number of rotatable bonds is 13. The monoisotopic (exact) mass is 606 g/mol. The molecule has 2 aromatic carbocycles.